The first-order valence-corrected chi connectivity index (χ1v) is 23.8. The number of rotatable bonds is 16. The molecule has 0 spiro atoms. The molecule has 4 N–H and O–H groups in total. The number of carboxylic acid groups (broad SMARTS) is 2. The van der Waals surface area contributed by atoms with Gasteiger partial charge in [0.1, 0.15) is 11.5 Å². The van der Waals surface area contributed by atoms with E-state index in [0.29, 0.717) is 82.1 Å². The van der Waals surface area contributed by atoms with E-state index in [2.05, 4.69) is 10.6 Å². The Balaban J connectivity index is 0.000000206. The average Bonchev–Trinajstić information content (AvgIpc) is 4.26. The third-order valence-corrected chi connectivity index (χ3v) is 14.0. The van der Waals surface area contributed by atoms with Gasteiger partial charge in [0, 0.05) is 24.0 Å². The van der Waals surface area contributed by atoms with Crippen molar-refractivity contribution in [1.29, 1.82) is 0 Å². The number of aryl methyl sites for hydroxylation is 4. The molecular weight excluding hydrogens is 984 g/mol. The van der Waals surface area contributed by atoms with Crippen molar-refractivity contribution in [3.05, 3.63) is 184 Å². The van der Waals surface area contributed by atoms with Crippen LogP contribution >= 0.6 is 46.4 Å². The summed E-state index contributed by atoms with van der Waals surface area (Å²) in [6.07, 6.45) is 2.27. The Morgan fingerprint density at radius 2 is 0.871 bits per heavy atom. The summed E-state index contributed by atoms with van der Waals surface area (Å²) < 4.78 is 41.4. The van der Waals surface area contributed by atoms with Crippen LogP contribution in [0.1, 0.15) is 89.9 Å². The zero-order valence-electron chi connectivity index (χ0n) is 38.4. The largest absolute Gasteiger partial charge is 0.493 e. The topological polar surface area (TPSA) is 151 Å². The van der Waals surface area contributed by atoms with Gasteiger partial charge in [-0.1, -0.05) is 107 Å². The van der Waals surface area contributed by atoms with Crippen LogP contribution in [-0.2, 0) is 22.4 Å². The number of carbonyl (C=O) groups excluding carboxylic acids is 2. The highest BCUT2D eigenvalue weighted by atomic mass is 35.5. The van der Waals surface area contributed by atoms with E-state index in [4.69, 9.17) is 55.9 Å². The molecule has 2 aliphatic carbocycles. The van der Waals surface area contributed by atoms with Crippen molar-refractivity contribution in [3.63, 3.8) is 0 Å². The molecule has 2 amide bonds. The molecule has 70 heavy (non-hydrogen) atoms. The second kappa shape index (κ2) is 22.3. The minimum absolute atomic E-state index is 0.0275. The number of carboxylic acids is 2. The fourth-order valence-electron chi connectivity index (χ4n) is 8.55. The summed E-state index contributed by atoms with van der Waals surface area (Å²) in [5, 5.41) is 22.9. The molecule has 0 bridgehead atoms. The van der Waals surface area contributed by atoms with Gasteiger partial charge in [0.05, 0.1) is 56.5 Å². The van der Waals surface area contributed by atoms with Crippen molar-refractivity contribution in [2.45, 2.75) is 65.2 Å². The molecule has 10 nitrogen and oxygen atoms in total. The Hall–Kier alpha value is -6.18. The maximum atomic E-state index is 14.8. The predicted molar refractivity (Wildman–Crippen MR) is 269 cm³/mol. The molecule has 2 aliphatic rings. The first-order chi connectivity index (χ1) is 33.3. The molecule has 2 saturated carbocycles. The summed E-state index contributed by atoms with van der Waals surface area (Å²) in [6.45, 7) is 8.11. The summed E-state index contributed by atoms with van der Waals surface area (Å²) >= 11 is 24.5. The molecule has 0 radical (unpaired) electrons. The van der Waals surface area contributed by atoms with Crippen LogP contribution in [0.5, 0.6) is 11.5 Å². The van der Waals surface area contributed by atoms with Gasteiger partial charge >= 0.3 is 11.9 Å². The van der Waals surface area contributed by atoms with Crippen LogP contribution in [0.15, 0.2) is 97.1 Å². The molecule has 0 heterocycles. The van der Waals surface area contributed by atoms with Crippen molar-refractivity contribution >= 4 is 81.5 Å². The summed E-state index contributed by atoms with van der Waals surface area (Å²) in [7, 11) is 0. The van der Waals surface area contributed by atoms with Crippen LogP contribution in [0.25, 0.3) is 0 Å². The van der Waals surface area contributed by atoms with E-state index < -0.39 is 47.2 Å². The molecule has 2 fully saturated rings. The molecule has 0 unspecified atom stereocenters. The minimum Gasteiger partial charge on any atom is -0.493 e. The minimum atomic E-state index is -0.950. The second-order valence-corrected chi connectivity index (χ2v) is 18.9. The van der Waals surface area contributed by atoms with E-state index in [1.807, 2.05) is 60.7 Å². The van der Waals surface area contributed by atoms with Gasteiger partial charge in [-0.15, -0.1) is 0 Å². The molecule has 4 atom stereocenters. The number of hydrogen-bond donors (Lipinski definition) is 4. The lowest BCUT2D eigenvalue weighted by Crippen LogP contribution is -2.17. The molecule has 0 aromatic heterocycles. The highest BCUT2D eigenvalue weighted by Gasteiger charge is 2.47. The Kier molecular flexibility index (Phi) is 16.4. The van der Waals surface area contributed by atoms with Gasteiger partial charge in [-0.25, -0.2) is 8.78 Å². The molecule has 6 aromatic carbocycles. The van der Waals surface area contributed by atoms with E-state index in [-0.39, 0.29) is 43.3 Å². The van der Waals surface area contributed by atoms with Crippen LogP contribution in [0.2, 0.25) is 20.1 Å². The number of aliphatic carboxylic acids is 2. The number of carbonyl (C=O) groups is 4. The lowest BCUT2D eigenvalue weighted by Gasteiger charge is -2.16. The van der Waals surface area contributed by atoms with Gasteiger partial charge in [-0.2, -0.15) is 0 Å². The van der Waals surface area contributed by atoms with Crippen molar-refractivity contribution in [1.82, 2.24) is 0 Å². The highest BCUT2D eigenvalue weighted by molar-refractivity contribution is 6.43. The van der Waals surface area contributed by atoms with Gasteiger partial charge in [0.25, 0.3) is 11.8 Å². The van der Waals surface area contributed by atoms with Crippen LogP contribution < -0.4 is 20.1 Å². The van der Waals surface area contributed by atoms with Crippen LogP contribution in [0, 0.1) is 51.2 Å². The summed E-state index contributed by atoms with van der Waals surface area (Å²) in [5.41, 5.74) is 6.35. The number of nitrogens with one attached hydrogen (secondary N) is 2. The number of anilines is 2. The molecule has 8 rings (SSSR count). The lowest BCUT2D eigenvalue weighted by atomic mass is 10.0. The molecular formula is C54H48Cl4F2N2O8. The van der Waals surface area contributed by atoms with E-state index in [0.717, 1.165) is 12.8 Å². The van der Waals surface area contributed by atoms with E-state index in [1.165, 1.54) is 23.3 Å². The van der Waals surface area contributed by atoms with Crippen molar-refractivity contribution < 1.29 is 47.6 Å². The molecule has 0 aliphatic heterocycles. The molecule has 0 saturated heterocycles. The van der Waals surface area contributed by atoms with Gasteiger partial charge in [0.15, 0.2) is 11.6 Å². The first-order valence-electron chi connectivity index (χ1n) is 22.3. The normalized spacial score (nSPS) is 16.6. The van der Waals surface area contributed by atoms with E-state index in [9.17, 15) is 38.2 Å². The third-order valence-electron chi connectivity index (χ3n) is 12.3. The van der Waals surface area contributed by atoms with E-state index >= 15 is 0 Å². The Bertz CT molecular complexity index is 2750. The maximum absolute atomic E-state index is 14.8. The van der Waals surface area contributed by atoms with Gasteiger partial charge in [-0.05, 0) is 133 Å². The van der Waals surface area contributed by atoms with Crippen molar-refractivity contribution in [2.75, 3.05) is 23.8 Å². The smallest absolute Gasteiger partial charge is 0.307 e. The fourth-order valence-corrected chi connectivity index (χ4v) is 9.53. The number of ether oxygens (including phenoxy) is 2. The number of hydrogen-bond acceptors (Lipinski definition) is 6. The standard InChI is InChI=1S/2C27H24Cl2FNO4/c2*1-14-10-17(35-9-8-16-6-4-3-5-7-16)11-15(2)22(14)26(32)31-21-13-19(18-12-20(18)27(33)34)23(28)24(29)25(21)30/h2*3-7,10-11,13,18,20H,8-9,12H2,1-2H3,(H,31,32)(H,33,34)/t2*18-,20-/m10/s1. The molecule has 364 valence electrons. The van der Waals surface area contributed by atoms with Crippen LogP contribution in [0.4, 0.5) is 20.2 Å². The highest BCUT2D eigenvalue weighted by Crippen LogP contribution is 2.53. The van der Waals surface area contributed by atoms with E-state index in [1.54, 1.807) is 52.0 Å². The number of halogens is 6. The van der Waals surface area contributed by atoms with Gasteiger partial charge in [0.2, 0.25) is 0 Å². The van der Waals surface area contributed by atoms with Gasteiger partial charge < -0.3 is 30.3 Å². The summed E-state index contributed by atoms with van der Waals surface area (Å²) in [6, 6.07) is 29.8. The fraction of sp³-hybridized carbons (Fsp3) is 0.259. The number of benzene rings is 6. The molecule has 6 aromatic rings. The van der Waals surface area contributed by atoms with Crippen LogP contribution in [-0.4, -0.2) is 47.2 Å². The second-order valence-electron chi connectivity index (χ2n) is 17.4. The van der Waals surface area contributed by atoms with Crippen molar-refractivity contribution in [3.8, 4) is 11.5 Å². The maximum Gasteiger partial charge on any atom is 0.307 e. The lowest BCUT2D eigenvalue weighted by molar-refractivity contribution is -0.139. The monoisotopic (exact) mass is 1030 g/mol. The number of amides is 2. The Morgan fingerprint density at radius 3 is 1.17 bits per heavy atom. The SMILES string of the molecule is Cc1cc(OCCc2ccccc2)cc(C)c1C(=O)Nc1cc([C@@H]2C[C@@H]2C(=O)O)c(Cl)c(Cl)c1F.Cc1cc(OCCc2ccccc2)cc(C)c1C(=O)Nc1cc([C@H]2C[C@H]2C(=O)O)c(Cl)c(Cl)c1F. The Morgan fingerprint density at radius 1 is 0.543 bits per heavy atom. The average molecular weight is 1030 g/mol. The quantitative estimate of drug-likeness (QED) is 0.0700. The zero-order valence-corrected chi connectivity index (χ0v) is 41.4. The summed E-state index contributed by atoms with van der Waals surface area (Å²) in [5.74, 6) is -5.30. The Labute approximate surface area is 423 Å². The summed E-state index contributed by atoms with van der Waals surface area (Å²) in [4.78, 5) is 48.7. The van der Waals surface area contributed by atoms with Crippen molar-refractivity contribution in [2.24, 2.45) is 11.8 Å². The van der Waals surface area contributed by atoms with Crippen LogP contribution in [0.3, 0.4) is 0 Å². The predicted octanol–water partition coefficient (Wildman–Crippen LogP) is 13.6. The zero-order chi connectivity index (χ0) is 50.6. The molecule has 16 heteroatoms. The third kappa shape index (κ3) is 12.0. The first kappa shape index (κ1) is 51.7. The van der Waals surface area contributed by atoms with Gasteiger partial charge in [-0.3, -0.25) is 19.2 Å².